The van der Waals surface area contributed by atoms with Crippen molar-refractivity contribution in [1.29, 1.82) is 0 Å². The topological polar surface area (TPSA) is 63.1 Å². The number of amides is 2. The van der Waals surface area contributed by atoms with E-state index in [0.717, 1.165) is 22.6 Å². The van der Waals surface area contributed by atoms with Gasteiger partial charge in [0.05, 0.1) is 6.54 Å². The van der Waals surface area contributed by atoms with Gasteiger partial charge in [-0.05, 0) is 69.3 Å². The summed E-state index contributed by atoms with van der Waals surface area (Å²) in [6, 6.07) is 19.0. The summed E-state index contributed by atoms with van der Waals surface area (Å²) in [7, 11) is 0. The van der Waals surface area contributed by atoms with E-state index in [2.05, 4.69) is 41.2 Å². The maximum atomic E-state index is 12.1. The number of rotatable bonds is 5. The van der Waals surface area contributed by atoms with Gasteiger partial charge in [0.15, 0.2) is 0 Å². The summed E-state index contributed by atoms with van der Waals surface area (Å²) < 4.78 is 2.15. The Labute approximate surface area is 159 Å². The van der Waals surface area contributed by atoms with Crippen LogP contribution in [0.1, 0.15) is 27.3 Å². The lowest BCUT2D eigenvalue weighted by Gasteiger charge is -2.11. The van der Waals surface area contributed by atoms with Crippen molar-refractivity contribution in [3.63, 3.8) is 0 Å². The van der Waals surface area contributed by atoms with E-state index in [-0.39, 0.29) is 18.4 Å². The largest absolute Gasteiger partial charge is 0.343 e. The van der Waals surface area contributed by atoms with Gasteiger partial charge in [0.1, 0.15) is 0 Å². The molecule has 0 saturated heterocycles. The van der Waals surface area contributed by atoms with Crippen LogP contribution in [0, 0.1) is 20.8 Å². The molecule has 0 unspecified atom stereocenters. The average molecular weight is 361 g/mol. The van der Waals surface area contributed by atoms with Crippen LogP contribution in [-0.4, -0.2) is 22.9 Å². The van der Waals surface area contributed by atoms with Gasteiger partial charge in [-0.3, -0.25) is 9.59 Å². The molecule has 0 bridgehead atoms. The fourth-order valence-corrected chi connectivity index (χ4v) is 3.02. The second-order valence-corrected chi connectivity index (χ2v) is 6.60. The molecule has 1 aromatic heterocycles. The molecule has 2 amide bonds. The average Bonchev–Trinajstić information content (AvgIpc) is 2.99. The summed E-state index contributed by atoms with van der Waals surface area (Å²) in [5, 5.41) is 5.44. The van der Waals surface area contributed by atoms with Crippen molar-refractivity contribution < 1.29 is 9.59 Å². The Morgan fingerprint density at radius 1 is 0.889 bits per heavy atom. The molecule has 2 aromatic carbocycles. The van der Waals surface area contributed by atoms with Gasteiger partial charge in [-0.2, -0.15) is 0 Å². The Morgan fingerprint density at radius 2 is 1.56 bits per heavy atom. The molecule has 0 aliphatic heterocycles. The second kappa shape index (κ2) is 7.91. The third-order valence-electron chi connectivity index (χ3n) is 4.37. The number of aryl methyl sites for hydroxylation is 3. The minimum Gasteiger partial charge on any atom is -0.343 e. The highest BCUT2D eigenvalue weighted by Crippen LogP contribution is 2.18. The van der Waals surface area contributed by atoms with Gasteiger partial charge in [-0.25, -0.2) is 0 Å². The number of carbonyl (C=O) groups excluding carboxylic acids is 2. The van der Waals surface area contributed by atoms with E-state index in [1.807, 2.05) is 43.3 Å². The van der Waals surface area contributed by atoms with Crippen molar-refractivity contribution in [3.8, 4) is 5.69 Å². The molecule has 5 nitrogen and oxygen atoms in total. The quantitative estimate of drug-likeness (QED) is 0.727. The molecule has 0 spiro atoms. The van der Waals surface area contributed by atoms with Crippen LogP contribution in [0.5, 0.6) is 0 Å². The maximum Gasteiger partial charge on any atom is 0.251 e. The molecule has 3 rings (SSSR count). The van der Waals surface area contributed by atoms with Gasteiger partial charge < -0.3 is 15.2 Å². The number of nitrogens with zero attached hydrogens (tertiary/aromatic N) is 1. The van der Waals surface area contributed by atoms with Crippen LogP contribution in [0.3, 0.4) is 0 Å². The van der Waals surface area contributed by atoms with Crippen LogP contribution in [0.25, 0.3) is 5.69 Å². The predicted molar refractivity (Wildman–Crippen MR) is 107 cm³/mol. The standard InChI is InChI=1S/C22H23N3O2/c1-15-5-4-6-18(13-15)22(27)23-14-21(26)24-19-9-11-20(12-10-19)25-16(2)7-8-17(25)3/h4-13H,14H2,1-3H3,(H,23,27)(H,24,26). The summed E-state index contributed by atoms with van der Waals surface area (Å²) in [6.07, 6.45) is 0. The van der Waals surface area contributed by atoms with Gasteiger partial charge >= 0.3 is 0 Å². The molecule has 2 N–H and O–H groups in total. The highest BCUT2D eigenvalue weighted by atomic mass is 16.2. The van der Waals surface area contributed by atoms with E-state index in [9.17, 15) is 9.59 Å². The normalized spacial score (nSPS) is 10.5. The number of carbonyl (C=O) groups is 2. The lowest BCUT2D eigenvalue weighted by atomic mass is 10.1. The molecule has 0 aliphatic carbocycles. The number of aromatic nitrogens is 1. The van der Waals surface area contributed by atoms with E-state index < -0.39 is 0 Å². The molecule has 0 fully saturated rings. The zero-order valence-electron chi connectivity index (χ0n) is 15.7. The molecular formula is C22H23N3O2. The molecule has 0 aliphatic rings. The Hall–Kier alpha value is -3.34. The Balaban J connectivity index is 1.57. The fourth-order valence-electron chi connectivity index (χ4n) is 3.02. The minimum absolute atomic E-state index is 0.0790. The van der Waals surface area contributed by atoms with Crippen molar-refractivity contribution in [2.75, 3.05) is 11.9 Å². The first kappa shape index (κ1) is 18.5. The SMILES string of the molecule is Cc1cccc(C(=O)NCC(=O)Nc2ccc(-n3c(C)ccc3C)cc2)c1. The van der Waals surface area contributed by atoms with Gasteiger partial charge in [0.25, 0.3) is 5.91 Å². The Kier molecular flexibility index (Phi) is 5.41. The van der Waals surface area contributed by atoms with Crippen molar-refractivity contribution in [2.45, 2.75) is 20.8 Å². The number of anilines is 1. The molecule has 0 radical (unpaired) electrons. The monoisotopic (exact) mass is 361 g/mol. The van der Waals surface area contributed by atoms with Crippen molar-refractivity contribution >= 4 is 17.5 Å². The van der Waals surface area contributed by atoms with Crippen molar-refractivity contribution in [2.24, 2.45) is 0 Å². The first-order chi connectivity index (χ1) is 12.9. The molecule has 5 heteroatoms. The third kappa shape index (κ3) is 4.44. The van der Waals surface area contributed by atoms with E-state index in [4.69, 9.17) is 0 Å². The third-order valence-corrected chi connectivity index (χ3v) is 4.37. The molecule has 0 saturated carbocycles. The molecule has 1 heterocycles. The summed E-state index contributed by atoms with van der Waals surface area (Å²) in [4.78, 5) is 24.2. The molecule has 27 heavy (non-hydrogen) atoms. The number of nitrogens with one attached hydrogen (secondary N) is 2. The maximum absolute atomic E-state index is 12.1. The summed E-state index contributed by atoms with van der Waals surface area (Å²) in [5.41, 5.74) is 5.59. The van der Waals surface area contributed by atoms with Gasteiger partial charge in [-0.15, -0.1) is 0 Å². The number of hydrogen-bond acceptors (Lipinski definition) is 2. The summed E-state index contributed by atoms with van der Waals surface area (Å²) >= 11 is 0. The summed E-state index contributed by atoms with van der Waals surface area (Å²) in [6.45, 7) is 5.95. The van der Waals surface area contributed by atoms with Gasteiger partial charge in [0, 0.05) is 28.3 Å². The van der Waals surface area contributed by atoms with Crippen LogP contribution in [-0.2, 0) is 4.79 Å². The number of hydrogen-bond donors (Lipinski definition) is 2. The first-order valence-corrected chi connectivity index (χ1v) is 8.84. The van der Waals surface area contributed by atoms with E-state index in [1.54, 1.807) is 12.1 Å². The van der Waals surface area contributed by atoms with Crippen molar-refractivity contribution in [3.05, 3.63) is 83.2 Å². The smallest absolute Gasteiger partial charge is 0.251 e. The lowest BCUT2D eigenvalue weighted by molar-refractivity contribution is -0.115. The predicted octanol–water partition coefficient (Wildman–Crippen LogP) is 3.77. The number of benzene rings is 2. The van der Waals surface area contributed by atoms with Gasteiger partial charge in [-0.1, -0.05) is 17.7 Å². The molecule has 3 aromatic rings. The Morgan fingerprint density at radius 3 is 2.19 bits per heavy atom. The highest BCUT2D eigenvalue weighted by Gasteiger charge is 2.09. The first-order valence-electron chi connectivity index (χ1n) is 8.84. The molecular weight excluding hydrogens is 338 g/mol. The second-order valence-electron chi connectivity index (χ2n) is 6.60. The van der Waals surface area contributed by atoms with E-state index in [0.29, 0.717) is 11.3 Å². The van der Waals surface area contributed by atoms with E-state index in [1.165, 1.54) is 0 Å². The van der Waals surface area contributed by atoms with Crippen LogP contribution in [0.15, 0.2) is 60.7 Å². The Bertz CT molecular complexity index is 952. The zero-order chi connectivity index (χ0) is 19.4. The van der Waals surface area contributed by atoms with Gasteiger partial charge in [0.2, 0.25) is 5.91 Å². The molecule has 0 atom stereocenters. The highest BCUT2D eigenvalue weighted by molar-refractivity contribution is 5.99. The van der Waals surface area contributed by atoms with Crippen LogP contribution >= 0.6 is 0 Å². The van der Waals surface area contributed by atoms with Crippen LogP contribution < -0.4 is 10.6 Å². The lowest BCUT2D eigenvalue weighted by Crippen LogP contribution is -2.32. The fraction of sp³-hybridized carbons (Fsp3) is 0.182. The molecule has 138 valence electrons. The zero-order valence-corrected chi connectivity index (χ0v) is 15.7. The van der Waals surface area contributed by atoms with Crippen LogP contribution in [0.4, 0.5) is 5.69 Å². The summed E-state index contributed by atoms with van der Waals surface area (Å²) in [5.74, 6) is -0.528. The minimum atomic E-state index is -0.267. The van der Waals surface area contributed by atoms with Crippen molar-refractivity contribution in [1.82, 2.24) is 9.88 Å². The van der Waals surface area contributed by atoms with Crippen LogP contribution in [0.2, 0.25) is 0 Å². The van der Waals surface area contributed by atoms with E-state index >= 15 is 0 Å².